The van der Waals surface area contributed by atoms with E-state index in [9.17, 15) is 0 Å². The third-order valence-corrected chi connectivity index (χ3v) is 10.8. The second-order valence-corrected chi connectivity index (χ2v) is 14.4. The van der Waals surface area contributed by atoms with Crippen LogP contribution in [-0.2, 0) is 0 Å². The first-order chi connectivity index (χ1) is 27.0. The summed E-state index contributed by atoms with van der Waals surface area (Å²) in [5, 5.41) is 10.4. The summed E-state index contributed by atoms with van der Waals surface area (Å²) in [5.74, 6) is 1.43. The minimum absolute atomic E-state index is 0.703. The van der Waals surface area contributed by atoms with E-state index in [1.54, 1.807) is 0 Å². The van der Waals surface area contributed by atoms with Crippen LogP contribution < -0.4 is 4.74 Å². The smallest absolute Gasteiger partial charge is 0.152 e. The van der Waals surface area contributed by atoms with E-state index < -0.39 is 0 Å². The van der Waals surface area contributed by atoms with Crippen molar-refractivity contribution in [3.63, 3.8) is 0 Å². The van der Waals surface area contributed by atoms with Crippen LogP contribution >= 0.6 is 0 Å². The molecule has 0 aliphatic rings. The number of benzene rings is 6. The van der Waals surface area contributed by atoms with Crippen LogP contribution in [0.25, 0.3) is 82.9 Å². The lowest BCUT2D eigenvalue weighted by Gasteiger charge is -2.16. The lowest BCUT2D eigenvalue weighted by Crippen LogP contribution is -1.99. The van der Waals surface area contributed by atoms with Crippen molar-refractivity contribution in [1.29, 1.82) is 0 Å². The van der Waals surface area contributed by atoms with Crippen LogP contribution in [0, 0.1) is 20.8 Å². The summed E-state index contributed by atoms with van der Waals surface area (Å²) in [6, 6.07) is 48.4. The van der Waals surface area contributed by atoms with Crippen LogP contribution in [0.5, 0.6) is 11.5 Å². The predicted octanol–water partition coefficient (Wildman–Crippen LogP) is 11.9. The minimum atomic E-state index is 0.703. The molecule has 7 heteroatoms. The Balaban J connectivity index is 1.19. The fraction of sp³-hybridized carbons (Fsp3) is 0.0625. The first-order valence-electron chi connectivity index (χ1n) is 18.5. The number of ether oxygens (including phenoxy) is 1. The highest BCUT2D eigenvalue weighted by Crippen LogP contribution is 2.46. The summed E-state index contributed by atoms with van der Waals surface area (Å²) in [7, 11) is 0. The molecule has 262 valence electrons. The molecule has 0 aliphatic carbocycles. The Morgan fingerprint density at radius 2 is 1.33 bits per heavy atom. The number of hydrogen-bond donors (Lipinski definition) is 0. The molecule has 0 bridgehead atoms. The molecule has 0 amide bonds. The Bertz CT molecular complexity index is 3310. The Morgan fingerprint density at radius 1 is 0.582 bits per heavy atom. The largest absolute Gasteiger partial charge is 0.455 e. The van der Waals surface area contributed by atoms with Crippen molar-refractivity contribution >= 4 is 60.3 Å². The lowest BCUT2D eigenvalue weighted by molar-refractivity contribution is 0.487. The van der Waals surface area contributed by atoms with Crippen LogP contribution in [0.15, 0.2) is 152 Å². The van der Waals surface area contributed by atoms with Crippen molar-refractivity contribution in [3.05, 3.63) is 169 Å². The number of hydrogen-bond acceptors (Lipinski definition) is 4. The molecular weight excluding hydrogens is 677 g/mol. The molecule has 5 aromatic heterocycles. The van der Waals surface area contributed by atoms with Crippen molar-refractivity contribution in [1.82, 2.24) is 28.7 Å². The molecule has 0 N–H and O–H groups in total. The Labute approximate surface area is 316 Å². The fourth-order valence-electron chi connectivity index (χ4n) is 8.70. The Kier molecular flexibility index (Phi) is 6.76. The summed E-state index contributed by atoms with van der Waals surface area (Å²) >= 11 is 0. The van der Waals surface area contributed by atoms with Gasteiger partial charge >= 0.3 is 0 Å². The van der Waals surface area contributed by atoms with Gasteiger partial charge in [0, 0.05) is 56.6 Å². The Morgan fingerprint density at radius 3 is 2.18 bits per heavy atom. The molecule has 0 aliphatic heterocycles. The zero-order chi connectivity index (χ0) is 36.8. The average molecular weight is 711 g/mol. The van der Waals surface area contributed by atoms with Crippen LogP contribution in [-0.4, -0.2) is 28.7 Å². The van der Waals surface area contributed by atoms with Gasteiger partial charge in [0.15, 0.2) is 5.75 Å². The van der Waals surface area contributed by atoms with Crippen molar-refractivity contribution in [2.75, 3.05) is 0 Å². The number of rotatable bonds is 5. The molecule has 11 aromatic rings. The molecule has 0 saturated carbocycles. The summed E-state index contributed by atoms with van der Waals surface area (Å²) in [4.78, 5) is 10.2. The van der Waals surface area contributed by atoms with Crippen molar-refractivity contribution in [2.45, 2.75) is 20.8 Å². The SMILES string of the molecule is Cc1cc(C)c(-c2ccn(-c3cccc(Oc4cc5c(c6cccnc6n6c7ccccc7nc56)c5c6ccccc6n(-c6ccccc6)c45)c3)n2)c(C)c1. The molecule has 0 spiro atoms. The third-order valence-electron chi connectivity index (χ3n) is 10.8. The maximum atomic E-state index is 7.12. The quantitative estimate of drug-likeness (QED) is 0.167. The summed E-state index contributed by atoms with van der Waals surface area (Å²) < 4.78 is 13.6. The fourth-order valence-corrected chi connectivity index (χ4v) is 8.70. The van der Waals surface area contributed by atoms with E-state index in [2.05, 4.69) is 145 Å². The number of imidazole rings is 1. The number of nitrogens with zero attached hydrogens (tertiary/aromatic N) is 6. The molecule has 5 heterocycles. The van der Waals surface area contributed by atoms with Gasteiger partial charge in [0.2, 0.25) is 0 Å². The van der Waals surface area contributed by atoms with E-state index in [1.165, 1.54) is 22.3 Å². The number of fused-ring (bicyclic) bond motifs is 12. The molecule has 7 nitrogen and oxygen atoms in total. The van der Waals surface area contributed by atoms with Crippen molar-refractivity contribution in [3.8, 4) is 34.1 Å². The van der Waals surface area contributed by atoms with E-state index in [4.69, 9.17) is 19.8 Å². The maximum Gasteiger partial charge on any atom is 0.152 e. The molecule has 6 aromatic carbocycles. The van der Waals surface area contributed by atoms with Crippen LogP contribution in [0.1, 0.15) is 16.7 Å². The first kappa shape index (κ1) is 31.3. The zero-order valence-electron chi connectivity index (χ0n) is 30.5. The molecule has 11 rings (SSSR count). The number of aromatic nitrogens is 6. The molecule has 0 fully saturated rings. The van der Waals surface area contributed by atoms with Crippen molar-refractivity contribution < 1.29 is 4.74 Å². The van der Waals surface area contributed by atoms with Gasteiger partial charge in [-0.2, -0.15) is 5.10 Å². The summed E-state index contributed by atoms with van der Waals surface area (Å²) in [5.41, 5.74) is 13.5. The van der Waals surface area contributed by atoms with Crippen LogP contribution in [0.3, 0.4) is 0 Å². The van der Waals surface area contributed by atoms with Gasteiger partial charge in [0.1, 0.15) is 17.0 Å². The van der Waals surface area contributed by atoms with E-state index in [-0.39, 0.29) is 0 Å². The summed E-state index contributed by atoms with van der Waals surface area (Å²) in [6.45, 7) is 6.44. The average Bonchev–Trinajstić information content (AvgIpc) is 3.93. The van der Waals surface area contributed by atoms with E-state index >= 15 is 0 Å². The molecule has 0 unspecified atom stereocenters. The van der Waals surface area contributed by atoms with E-state index in [0.717, 1.165) is 83.1 Å². The van der Waals surface area contributed by atoms with Crippen molar-refractivity contribution in [2.24, 2.45) is 0 Å². The highest BCUT2D eigenvalue weighted by Gasteiger charge is 2.24. The standard InChI is InChI=1S/C48H34N6O/c1-29-25-30(2)43(31(3)26-29)39-22-24-52(51-39)33-15-11-16-34(27-33)55-42-28-37-44(36-18-12-23-49-47(36)54-41-21-10-8-19-38(41)50-48(37)54)45-35-17-7-9-20-40(35)53(46(42)45)32-13-5-4-6-14-32/h4-28H,1-3H3. The number of aryl methyl sites for hydroxylation is 3. The molecule has 0 radical (unpaired) electrons. The van der Waals surface area contributed by atoms with Crippen LogP contribution in [0.2, 0.25) is 0 Å². The number of para-hydroxylation sites is 4. The first-order valence-corrected chi connectivity index (χ1v) is 18.5. The van der Waals surface area contributed by atoms with Gasteiger partial charge in [-0.05, 0) is 98.6 Å². The molecule has 55 heavy (non-hydrogen) atoms. The van der Waals surface area contributed by atoms with Gasteiger partial charge < -0.3 is 9.30 Å². The van der Waals surface area contributed by atoms with E-state index in [1.807, 2.05) is 41.3 Å². The van der Waals surface area contributed by atoms with Gasteiger partial charge in [0.25, 0.3) is 0 Å². The highest BCUT2D eigenvalue weighted by molar-refractivity contribution is 6.31. The van der Waals surface area contributed by atoms with Gasteiger partial charge in [-0.15, -0.1) is 0 Å². The lowest BCUT2D eigenvalue weighted by atomic mass is 9.98. The predicted molar refractivity (Wildman–Crippen MR) is 223 cm³/mol. The monoisotopic (exact) mass is 710 g/mol. The van der Waals surface area contributed by atoms with Gasteiger partial charge in [0.05, 0.1) is 33.4 Å². The molecule has 0 saturated heterocycles. The zero-order valence-corrected chi connectivity index (χ0v) is 30.5. The maximum absolute atomic E-state index is 7.12. The van der Waals surface area contributed by atoms with Gasteiger partial charge in [-0.25, -0.2) is 14.6 Å². The minimum Gasteiger partial charge on any atom is -0.455 e. The topological polar surface area (TPSA) is 62.2 Å². The Hall–Kier alpha value is -7.25. The van der Waals surface area contributed by atoms with Gasteiger partial charge in [-0.1, -0.05) is 72.3 Å². The molecular formula is C48H34N6O. The number of pyridine rings is 2. The molecule has 0 atom stereocenters. The van der Waals surface area contributed by atoms with Gasteiger partial charge in [-0.3, -0.25) is 4.40 Å². The third kappa shape index (κ3) is 4.73. The second kappa shape index (κ2) is 11.9. The van der Waals surface area contributed by atoms with Crippen LogP contribution in [0.4, 0.5) is 0 Å². The second-order valence-electron chi connectivity index (χ2n) is 14.4. The summed E-state index contributed by atoms with van der Waals surface area (Å²) in [6.07, 6.45) is 3.89. The van der Waals surface area contributed by atoms with E-state index in [0.29, 0.717) is 5.75 Å². The highest BCUT2D eigenvalue weighted by atomic mass is 16.5. The normalized spacial score (nSPS) is 11.9.